The molecule has 1 heterocycles. The van der Waals surface area contributed by atoms with E-state index < -0.39 is 5.91 Å². The molecule has 4 N–H and O–H groups in total. The number of nitrogens with zero attached hydrogens (tertiary/aromatic N) is 1. The summed E-state index contributed by atoms with van der Waals surface area (Å²) < 4.78 is 0.761. The van der Waals surface area contributed by atoms with Crippen molar-refractivity contribution in [1.82, 2.24) is 10.5 Å². The van der Waals surface area contributed by atoms with E-state index in [9.17, 15) is 4.79 Å². The van der Waals surface area contributed by atoms with Gasteiger partial charge in [0.05, 0.1) is 0 Å². The Morgan fingerprint density at radius 1 is 1.44 bits per heavy atom. The molecule has 16 heavy (non-hydrogen) atoms. The molecule has 0 fully saturated rings. The third kappa shape index (κ3) is 1.72. The summed E-state index contributed by atoms with van der Waals surface area (Å²) in [6, 6.07) is 5.15. The van der Waals surface area contributed by atoms with Crippen LogP contribution < -0.4 is 11.2 Å². The quantitative estimate of drug-likeness (QED) is 0.422. The lowest BCUT2D eigenvalue weighted by molar-refractivity contribution is 0.0703. The summed E-state index contributed by atoms with van der Waals surface area (Å²) in [5, 5.41) is 10.00. The van der Waals surface area contributed by atoms with E-state index >= 15 is 0 Å². The molecule has 2 rings (SSSR count). The van der Waals surface area contributed by atoms with Crippen LogP contribution in [0.4, 0.5) is 5.69 Å². The third-order valence-electron chi connectivity index (χ3n) is 2.18. The van der Waals surface area contributed by atoms with Crippen molar-refractivity contribution < 1.29 is 10.0 Å². The topological polar surface area (TPSA) is 88.2 Å². The van der Waals surface area contributed by atoms with Crippen molar-refractivity contribution in [3.8, 4) is 0 Å². The van der Waals surface area contributed by atoms with Gasteiger partial charge in [-0.3, -0.25) is 10.0 Å². The number of hydrogen-bond acceptors (Lipinski definition) is 4. The normalized spacial score (nSPS) is 10.4. The van der Waals surface area contributed by atoms with Crippen molar-refractivity contribution in [2.75, 3.05) is 5.73 Å². The second-order valence-electron chi connectivity index (χ2n) is 3.20. The molecule has 0 aliphatic heterocycles. The molecule has 0 saturated carbocycles. The molecule has 0 spiro atoms. The number of nitrogens with one attached hydrogen (secondary N) is 1. The maximum atomic E-state index is 11.4. The molecule has 82 valence electrons. The smallest absolute Gasteiger partial charge is 0.293 e. The minimum absolute atomic E-state index is 0.132. The maximum Gasteiger partial charge on any atom is 0.293 e. The van der Waals surface area contributed by atoms with E-state index in [-0.39, 0.29) is 5.69 Å². The summed E-state index contributed by atoms with van der Waals surface area (Å²) in [4.78, 5) is 15.3. The second kappa shape index (κ2) is 4.07. The Kier molecular flexibility index (Phi) is 2.76. The van der Waals surface area contributed by atoms with E-state index in [2.05, 4.69) is 20.9 Å². The van der Waals surface area contributed by atoms with Crippen LogP contribution in [0.25, 0.3) is 10.8 Å². The Balaban J connectivity index is 2.80. The fraction of sp³-hybridized carbons (Fsp3) is 0. The standard InChI is InChI=1S/C10H8BrN3O2/c11-8-4-13-9(10(15)14-16)7-3-5(12)1-2-6(7)8/h1-4,16H,12H2,(H,14,15). The number of benzene rings is 1. The lowest BCUT2D eigenvalue weighted by Crippen LogP contribution is -2.20. The highest BCUT2D eigenvalue weighted by Crippen LogP contribution is 2.26. The van der Waals surface area contributed by atoms with Crippen LogP contribution in [0.15, 0.2) is 28.9 Å². The summed E-state index contributed by atoms with van der Waals surface area (Å²) in [5.74, 6) is -0.664. The molecule has 0 unspecified atom stereocenters. The number of halogens is 1. The van der Waals surface area contributed by atoms with Crippen molar-refractivity contribution in [3.63, 3.8) is 0 Å². The second-order valence-corrected chi connectivity index (χ2v) is 4.06. The lowest BCUT2D eigenvalue weighted by atomic mass is 10.1. The SMILES string of the molecule is Nc1ccc2c(Br)cnc(C(=O)NO)c2c1. The largest absolute Gasteiger partial charge is 0.399 e. The van der Waals surface area contributed by atoms with Gasteiger partial charge in [0, 0.05) is 21.7 Å². The molecular weight excluding hydrogens is 274 g/mol. The van der Waals surface area contributed by atoms with Crippen LogP contribution in [-0.2, 0) is 0 Å². The van der Waals surface area contributed by atoms with Crippen molar-refractivity contribution in [2.24, 2.45) is 0 Å². The number of anilines is 1. The predicted molar refractivity (Wildman–Crippen MR) is 63.1 cm³/mol. The fourth-order valence-electron chi connectivity index (χ4n) is 1.46. The van der Waals surface area contributed by atoms with Gasteiger partial charge in [-0.05, 0) is 33.4 Å². The summed E-state index contributed by atoms with van der Waals surface area (Å²) in [5.41, 5.74) is 7.86. The first-order valence-electron chi connectivity index (χ1n) is 4.41. The van der Waals surface area contributed by atoms with Crippen LogP contribution >= 0.6 is 15.9 Å². The first kappa shape index (κ1) is 10.8. The van der Waals surface area contributed by atoms with Crippen molar-refractivity contribution in [3.05, 3.63) is 34.6 Å². The molecule has 1 aromatic heterocycles. The molecule has 2 aromatic rings. The van der Waals surface area contributed by atoms with Crippen molar-refractivity contribution in [1.29, 1.82) is 0 Å². The lowest BCUT2D eigenvalue weighted by Gasteiger charge is -2.06. The first-order chi connectivity index (χ1) is 7.63. The van der Waals surface area contributed by atoms with Crippen LogP contribution in [-0.4, -0.2) is 16.1 Å². The highest BCUT2D eigenvalue weighted by molar-refractivity contribution is 9.10. The number of nitrogens with two attached hydrogens (primary N) is 1. The average Bonchev–Trinajstić information content (AvgIpc) is 2.28. The minimum atomic E-state index is -0.664. The molecule has 1 aromatic carbocycles. The minimum Gasteiger partial charge on any atom is -0.399 e. The van der Waals surface area contributed by atoms with Gasteiger partial charge in [0.25, 0.3) is 5.91 Å². The molecule has 0 radical (unpaired) electrons. The number of amides is 1. The van der Waals surface area contributed by atoms with Gasteiger partial charge in [-0.25, -0.2) is 10.5 Å². The molecule has 5 nitrogen and oxygen atoms in total. The van der Waals surface area contributed by atoms with Crippen LogP contribution in [0.3, 0.4) is 0 Å². The van der Waals surface area contributed by atoms with E-state index in [1.54, 1.807) is 23.7 Å². The third-order valence-corrected chi connectivity index (χ3v) is 2.81. The fourth-order valence-corrected chi connectivity index (χ4v) is 1.91. The molecule has 0 aliphatic carbocycles. The van der Waals surface area contributed by atoms with E-state index in [1.165, 1.54) is 6.20 Å². The molecule has 0 saturated heterocycles. The van der Waals surface area contributed by atoms with Crippen LogP contribution in [0.1, 0.15) is 10.5 Å². The number of fused-ring (bicyclic) bond motifs is 1. The Morgan fingerprint density at radius 3 is 2.88 bits per heavy atom. The maximum absolute atomic E-state index is 11.4. The first-order valence-corrected chi connectivity index (χ1v) is 5.21. The van der Waals surface area contributed by atoms with Crippen LogP contribution in [0.2, 0.25) is 0 Å². The number of aromatic nitrogens is 1. The summed E-state index contributed by atoms with van der Waals surface area (Å²) in [6.07, 6.45) is 1.50. The number of carbonyl (C=O) groups is 1. The van der Waals surface area contributed by atoms with Gasteiger partial charge in [0.2, 0.25) is 0 Å². The van der Waals surface area contributed by atoms with Gasteiger partial charge in [0.15, 0.2) is 0 Å². The van der Waals surface area contributed by atoms with E-state index in [0.29, 0.717) is 11.1 Å². The highest BCUT2D eigenvalue weighted by Gasteiger charge is 2.12. The predicted octanol–water partition coefficient (Wildman–Crippen LogP) is 1.70. The molecular formula is C10H8BrN3O2. The molecule has 0 aliphatic rings. The Labute approximate surface area is 99.4 Å². The number of pyridine rings is 1. The van der Waals surface area contributed by atoms with Crippen LogP contribution in [0.5, 0.6) is 0 Å². The average molecular weight is 282 g/mol. The van der Waals surface area contributed by atoms with Gasteiger partial charge in [-0.1, -0.05) is 6.07 Å². The number of hydroxylamine groups is 1. The van der Waals surface area contributed by atoms with Crippen LogP contribution in [0, 0.1) is 0 Å². The number of carbonyl (C=O) groups excluding carboxylic acids is 1. The van der Waals surface area contributed by atoms with Gasteiger partial charge in [-0.2, -0.15) is 0 Å². The molecule has 1 amide bonds. The number of rotatable bonds is 1. The van der Waals surface area contributed by atoms with E-state index in [1.807, 2.05) is 0 Å². The molecule has 0 atom stereocenters. The van der Waals surface area contributed by atoms with Gasteiger partial charge in [0.1, 0.15) is 5.69 Å². The Hall–Kier alpha value is -1.66. The monoisotopic (exact) mass is 281 g/mol. The summed E-state index contributed by atoms with van der Waals surface area (Å²) in [6.45, 7) is 0. The van der Waals surface area contributed by atoms with Gasteiger partial charge >= 0.3 is 0 Å². The molecule has 0 bridgehead atoms. The zero-order chi connectivity index (χ0) is 11.7. The summed E-state index contributed by atoms with van der Waals surface area (Å²) >= 11 is 3.33. The highest BCUT2D eigenvalue weighted by atomic mass is 79.9. The Morgan fingerprint density at radius 2 is 2.19 bits per heavy atom. The van der Waals surface area contributed by atoms with Crippen molar-refractivity contribution in [2.45, 2.75) is 0 Å². The summed E-state index contributed by atoms with van der Waals surface area (Å²) in [7, 11) is 0. The zero-order valence-electron chi connectivity index (χ0n) is 8.07. The zero-order valence-corrected chi connectivity index (χ0v) is 9.65. The van der Waals surface area contributed by atoms with E-state index in [4.69, 9.17) is 10.9 Å². The van der Waals surface area contributed by atoms with Crippen molar-refractivity contribution >= 4 is 38.3 Å². The van der Waals surface area contributed by atoms with Gasteiger partial charge < -0.3 is 5.73 Å². The number of nitrogen functional groups attached to an aromatic ring is 1. The number of hydrogen-bond donors (Lipinski definition) is 3. The Bertz CT molecular complexity index is 571. The van der Waals surface area contributed by atoms with Gasteiger partial charge in [-0.15, -0.1) is 0 Å². The molecule has 6 heteroatoms. The van der Waals surface area contributed by atoms with E-state index in [0.717, 1.165) is 9.86 Å².